The van der Waals surface area contributed by atoms with Gasteiger partial charge in [-0.15, -0.1) is 11.3 Å². The highest BCUT2D eigenvalue weighted by Gasteiger charge is 2.11. The Hall–Kier alpha value is -0.870. The molecule has 0 radical (unpaired) electrons. The number of carbonyl (C=O) groups is 1. The van der Waals surface area contributed by atoms with Gasteiger partial charge in [-0.2, -0.15) is 0 Å². The van der Waals surface area contributed by atoms with E-state index in [9.17, 15) is 4.79 Å². The molecule has 0 bridgehead atoms. The highest BCUT2D eigenvalue weighted by Crippen LogP contribution is 2.16. The number of hydrogen-bond donors (Lipinski definition) is 2. The molecule has 2 N–H and O–H groups in total. The van der Waals surface area contributed by atoms with Gasteiger partial charge in [0.15, 0.2) is 0 Å². The van der Waals surface area contributed by atoms with Crippen molar-refractivity contribution in [3.05, 3.63) is 21.9 Å². The maximum absolute atomic E-state index is 10.5. The third kappa shape index (κ3) is 4.77. The van der Waals surface area contributed by atoms with Crippen molar-refractivity contribution in [2.75, 3.05) is 0 Å². The SMILES string of the molecule is Cc1ccc(CC(C)NC(C)CC(=O)O)s1. The molecule has 16 heavy (non-hydrogen) atoms. The van der Waals surface area contributed by atoms with Gasteiger partial charge >= 0.3 is 5.97 Å². The van der Waals surface area contributed by atoms with Crippen LogP contribution in [0.1, 0.15) is 30.0 Å². The molecule has 2 unspecified atom stereocenters. The van der Waals surface area contributed by atoms with Crippen LogP contribution in [0.25, 0.3) is 0 Å². The van der Waals surface area contributed by atoms with Crippen LogP contribution in [0.4, 0.5) is 0 Å². The Labute approximate surface area is 100 Å². The molecule has 1 aromatic heterocycles. The normalized spacial score (nSPS) is 14.7. The molecule has 2 atom stereocenters. The summed E-state index contributed by atoms with van der Waals surface area (Å²) in [4.78, 5) is 13.2. The molecule has 4 heteroatoms. The number of carboxylic acid groups (broad SMARTS) is 1. The topological polar surface area (TPSA) is 49.3 Å². The van der Waals surface area contributed by atoms with E-state index in [2.05, 4.69) is 31.3 Å². The maximum Gasteiger partial charge on any atom is 0.304 e. The van der Waals surface area contributed by atoms with Crippen LogP contribution in [0.2, 0.25) is 0 Å². The molecule has 0 aromatic carbocycles. The lowest BCUT2D eigenvalue weighted by atomic mass is 10.1. The number of nitrogens with one attached hydrogen (secondary N) is 1. The minimum absolute atomic E-state index is 0.0218. The van der Waals surface area contributed by atoms with Gasteiger partial charge in [0.25, 0.3) is 0 Å². The zero-order valence-electron chi connectivity index (χ0n) is 9.99. The van der Waals surface area contributed by atoms with Gasteiger partial charge in [0, 0.05) is 21.8 Å². The first-order valence-electron chi connectivity index (χ1n) is 5.50. The zero-order chi connectivity index (χ0) is 12.1. The number of rotatable bonds is 6. The summed E-state index contributed by atoms with van der Waals surface area (Å²) in [6, 6.07) is 4.59. The molecular weight excluding hydrogens is 222 g/mol. The van der Waals surface area contributed by atoms with Crippen LogP contribution in [0.3, 0.4) is 0 Å². The van der Waals surface area contributed by atoms with Crippen molar-refractivity contribution in [2.45, 2.75) is 45.7 Å². The molecule has 0 fully saturated rings. The summed E-state index contributed by atoms with van der Waals surface area (Å²) in [6.07, 6.45) is 1.14. The molecular formula is C12H19NO2S. The summed E-state index contributed by atoms with van der Waals surface area (Å²) < 4.78 is 0. The second kappa shape index (κ2) is 6.01. The van der Waals surface area contributed by atoms with Crippen molar-refractivity contribution in [1.82, 2.24) is 5.32 Å². The van der Waals surface area contributed by atoms with E-state index in [0.29, 0.717) is 6.04 Å². The summed E-state index contributed by atoms with van der Waals surface area (Å²) in [7, 11) is 0. The van der Waals surface area contributed by atoms with Crippen LogP contribution in [-0.4, -0.2) is 23.2 Å². The van der Waals surface area contributed by atoms with Crippen molar-refractivity contribution >= 4 is 17.3 Å². The van der Waals surface area contributed by atoms with Crippen molar-refractivity contribution < 1.29 is 9.90 Å². The van der Waals surface area contributed by atoms with E-state index in [1.807, 2.05) is 6.92 Å². The molecule has 0 amide bonds. The Bertz CT molecular complexity index is 349. The predicted octanol–water partition coefficient (Wildman–Crippen LogP) is 2.44. The molecule has 3 nitrogen and oxygen atoms in total. The fourth-order valence-corrected chi connectivity index (χ4v) is 2.78. The summed E-state index contributed by atoms with van der Waals surface area (Å²) in [5, 5.41) is 11.9. The predicted molar refractivity (Wildman–Crippen MR) is 67.1 cm³/mol. The van der Waals surface area contributed by atoms with Crippen molar-refractivity contribution in [3.63, 3.8) is 0 Å². The summed E-state index contributed by atoms with van der Waals surface area (Å²) in [5.74, 6) is -0.751. The summed E-state index contributed by atoms with van der Waals surface area (Å²) in [5.41, 5.74) is 0. The number of aliphatic carboxylic acids is 1. The highest BCUT2D eigenvalue weighted by molar-refractivity contribution is 7.11. The van der Waals surface area contributed by atoms with Gasteiger partial charge in [-0.3, -0.25) is 4.79 Å². The van der Waals surface area contributed by atoms with Gasteiger partial charge in [0.2, 0.25) is 0 Å². The minimum Gasteiger partial charge on any atom is -0.481 e. The van der Waals surface area contributed by atoms with Crippen molar-refractivity contribution in [3.8, 4) is 0 Å². The lowest BCUT2D eigenvalue weighted by molar-refractivity contribution is -0.137. The Balaban J connectivity index is 2.35. The molecule has 0 saturated carbocycles. The first-order chi connectivity index (χ1) is 7.47. The molecule has 0 aliphatic rings. The number of aryl methyl sites for hydroxylation is 1. The van der Waals surface area contributed by atoms with Crippen LogP contribution in [0, 0.1) is 6.92 Å². The molecule has 1 aromatic rings. The lowest BCUT2D eigenvalue weighted by Gasteiger charge is -2.17. The summed E-state index contributed by atoms with van der Waals surface area (Å²) >= 11 is 1.80. The van der Waals surface area contributed by atoms with Crippen LogP contribution in [-0.2, 0) is 11.2 Å². The van der Waals surface area contributed by atoms with E-state index in [0.717, 1.165) is 6.42 Å². The quantitative estimate of drug-likeness (QED) is 0.804. The van der Waals surface area contributed by atoms with Gasteiger partial charge in [-0.05, 0) is 39.3 Å². The second-order valence-corrected chi connectivity index (χ2v) is 5.66. The third-order valence-electron chi connectivity index (χ3n) is 2.35. The fraction of sp³-hybridized carbons (Fsp3) is 0.583. The third-order valence-corrected chi connectivity index (χ3v) is 3.38. The average molecular weight is 241 g/mol. The fourth-order valence-electron chi connectivity index (χ4n) is 1.76. The smallest absolute Gasteiger partial charge is 0.304 e. The lowest BCUT2D eigenvalue weighted by Crippen LogP contribution is -2.37. The average Bonchev–Trinajstić information content (AvgIpc) is 2.48. The van der Waals surface area contributed by atoms with Crippen molar-refractivity contribution in [1.29, 1.82) is 0 Å². The van der Waals surface area contributed by atoms with Gasteiger partial charge < -0.3 is 10.4 Å². The van der Waals surface area contributed by atoms with E-state index in [-0.39, 0.29) is 12.5 Å². The Morgan fingerprint density at radius 2 is 2.12 bits per heavy atom. The first kappa shape index (κ1) is 13.2. The molecule has 0 aliphatic carbocycles. The van der Waals surface area contributed by atoms with Crippen LogP contribution >= 0.6 is 11.3 Å². The van der Waals surface area contributed by atoms with E-state index in [4.69, 9.17) is 5.11 Å². The van der Waals surface area contributed by atoms with Gasteiger partial charge in [-0.25, -0.2) is 0 Å². The van der Waals surface area contributed by atoms with E-state index < -0.39 is 5.97 Å². The van der Waals surface area contributed by atoms with Crippen LogP contribution in [0.15, 0.2) is 12.1 Å². The standard InChI is InChI=1S/C12H19NO2S/c1-8(13-9(2)7-12(14)15)6-11-5-4-10(3)16-11/h4-5,8-9,13H,6-7H2,1-3H3,(H,14,15). The van der Waals surface area contributed by atoms with Gasteiger partial charge in [0.05, 0.1) is 6.42 Å². The van der Waals surface area contributed by atoms with Crippen LogP contribution in [0.5, 0.6) is 0 Å². The second-order valence-electron chi connectivity index (χ2n) is 4.28. The zero-order valence-corrected chi connectivity index (χ0v) is 10.8. The Morgan fingerprint density at radius 3 is 2.62 bits per heavy atom. The molecule has 0 aliphatic heterocycles. The Morgan fingerprint density at radius 1 is 1.44 bits per heavy atom. The first-order valence-corrected chi connectivity index (χ1v) is 6.32. The maximum atomic E-state index is 10.5. The number of hydrogen-bond acceptors (Lipinski definition) is 3. The molecule has 0 spiro atoms. The van der Waals surface area contributed by atoms with Crippen molar-refractivity contribution in [2.24, 2.45) is 0 Å². The van der Waals surface area contributed by atoms with Gasteiger partial charge in [0.1, 0.15) is 0 Å². The highest BCUT2D eigenvalue weighted by atomic mass is 32.1. The summed E-state index contributed by atoms with van der Waals surface area (Å²) in [6.45, 7) is 6.09. The van der Waals surface area contributed by atoms with E-state index >= 15 is 0 Å². The molecule has 0 saturated heterocycles. The van der Waals surface area contributed by atoms with Gasteiger partial charge in [-0.1, -0.05) is 0 Å². The minimum atomic E-state index is -0.751. The monoisotopic (exact) mass is 241 g/mol. The molecule has 1 rings (SSSR count). The van der Waals surface area contributed by atoms with Crippen LogP contribution < -0.4 is 5.32 Å². The Kier molecular flexibility index (Phi) is 4.96. The molecule has 1 heterocycles. The van der Waals surface area contributed by atoms with E-state index in [1.54, 1.807) is 11.3 Å². The number of thiophene rings is 1. The largest absolute Gasteiger partial charge is 0.481 e. The molecule has 90 valence electrons. The van der Waals surface area contributed by atoms with E-state index in [1.165, 1.54) is 9.75 Å². The number of carboxylic acids is 1.